The minimum atomic E-state index is -0.992. The highest BCUT2D eigenvalue weighted by molar-refractivity contribution is 5.98. The van der Waals surface area contributed by atoms with Gasteiger partial charge in [0.25, 0.3) is 0 Å². The summed E-state index contributed by atoms with van der Waals surface area (Å²) in [5.74, 6) is -0.522. The molecule has 1 fully saturated rings. The second kappa shape index (κ2) is 14.7. The van der Waals surface area contributed by atoms with Gasteiger partial charge in [0.2, 0.25) is 11.8 Å². The maximum atomic E-state index is 13.7. The molecular weight excluding hydrogens is 534 g/mol. The molecule has 222 valence electrons. The highest BCUT2D eigenvalue weighted by Gasteiger charge is 2.50. The van der Waals surface area contributed by atoms with Gasteiger partial charge in [0.05, 0.1) is 33.0 Å². The van der Waals surface area contributed by atoms with Crippen LogP contribution < -0.4 is 21.1 Å². The van der Waals surface area contributed by atoms with Crippen molar-refractivity contribution >= 4 is 17.6 Å². The Labute approximate surface area is 246 Å². The molecule has 4 atom stereocenters. The van der Waals surface area contributed by atoms with Gasteiger partial charge in [-0.15, -0.1) is 0 Å². The Bertz CT molecular complexity index is 1310. The number of carbonyl (C=O) groups excluding carboxylic acids is 3. The molecule has 0 spiro atoms. The quantitative estimate of drug-likeness (QED) is 0.225. The maximum absolute atomic E-state index is 13.7. The van der Waals surface area contributed by atoms with E-state index in [0.29, 0.717) is 31.8 Å². The molecule has 0 aliphatic carbocycles. The van der Waals surface area contributed by atoms with Gasteiger partial charge < -0.3 is 30.6 Å². The largest absolute Gasteiger partial charge is 0.497 e. The number of epoxide rings is 1. The van der Waals surface area contributed by atoms with Crippen LogP contribution in [0, 0.1) is 0 Å². The van der Waals surface area contributed by atoms with Gasteiger partial charge >= 0.3 is 0 Å². The Morgan fingerprint density at radius 3 is 2.05 bits per heavy atom. The van der Waals surface area contributed by atoms with Crippen molar-refractivity contribution in [2.75, 3.05) is 20.3 Å². The van der Waals surface area contributed by atoms with Gasteiger partial charge in [0.15, 0.2) is 5.78 Å². The van der Waals surface area contributed by atoms with E-state index in [1.165, 1.54) is 0 Å². The molecule has 4 rings (SSSR count). The van der Waals surface area contributed by atoms with Crippen molar-refractivity contribution in [1.82, 2.24) is 10.6 Å². The number of hydrogen-bond acceptors (Lipinski definition) is 7. The molecule has 1 saturated heterocycles. The fraction of sp³-hybridized carbons (Fsp3) is 0.364. The molecular formula is C33H39N3O6. The van der Waals surface area contributed by atoms with Crippen LogP contribution in [-0.4, -0.2) is 61.6 Å². The summed E-state index contributed by atoms with van der Waals surface area (Å²) in [7, 11) is 1.57. The van der Waals surface area contributed by atoms with E-state index in [9.17, 15) is 14.4 Å². The number of methoxy groups -OCH3 is 1. The van der Waals surface area contributed by atoms with Crippen molar-refractivity contribution in [1.29, 1.82) is 0 Å². The Morgan fingerprint density at radius 2 is 1.45 bits per heavy atom. The molecule has 1 heterocycles. The van der Waals surface area contributed by atoms with Gasteiger partial charge in [0, 0.05) is 6.42 Å². The second-order valence-corrected chi connectivity index (χ2v) is 10.7. The third kappa shape index (κ3) is 8.97. The number of hydrogen-bond donors (Lipinski definition) is 3. The standard InChI is InChI=1S/C33H39N3O6/c1-33(22-42-33)30(37)28(18-15-23-9-5-3-6-10-23)35-32(39)29(19-24-13-16-26(40-2)17-14-24)36-31(38)27(34)21-41-20-25-11-7-4-8-12-25/h3-14,16-17,27-29H,15,18-22,34H2,1-2H3,(H,35,39)(H,36,38)/t27-,28-,29-,33+/m0/s1. The molecule has 9 heteroatoms. The van der Waals surface area contributed by atoms with E-state index in [4.69, 9.17) is 19.9 Å². The molecule has 9 nitrogen and oxygen atoms in total. The van der Waals surface area contributed by atoms with Crippen molar-refractivity contribution < 1.29 is 28.6 Å². The number of rotatable bonds is 16. The first-order chi connectivity index (χ1) is 20.3. The van der Waals surface area contributed by atoms with Crippen LogP contribution in [0.2, 0.25) is 0 Å². The Balaban J connectivity index is 1.44. The molecule has 3 aromatic carbocycles. The molecule has 42 heavy (non-hydrogen) atoms. The summed E-state index contributed by atoms with van der Waals surface area (Å²) >= 11 is 0. The van der Waals surface area contributed by atoms with Crippen LogP contribution in [0.4, 0.5) is 0 Å². The lowest BCUT2D eigenvalue weighted by molar-refractivity contribution is -0.133. The van der Waals surface area contributed by atoms with Gasteiger partial charge in [-0.1, -0.05) is 72.8 Å². The van der Waals surface area contributed by atoms with Crippen LogP contribution >= 0.6 is 0 Å². The zero-order valence-electron chi connectivity index (χ0n) is 24.1. The summed E-state index contributed by atoms with van der Waals surface area (Å²) < 4.78 is 16.3. The van der Waals surface area contributed by atoms with Crippen molar-refractivity contribution in [2.45, 2.75) is 56.5 Å². The normalized spacial score (nSPS) is 17.9. The summed E-state index contributed by atoms with van der Waals surface area (Å²) in [5, 5.41) is 5.69. The molecule has 1 aliphatic heterocycles. The summed E-state index contributed by atoms with van der Waals surface area (Å²) in [6.07, 6.45) is 1.17. The maximum Gasteiger partial charge on any atom is 0.243 e. The zero-order valence-corrected chi connectivity index (χ0v) is 24.1. The topological polar surface area (TPSA) is 132 Å². The molecule has 1 aliphatic rings. The van der Waals surface area contributed by atoms with Gasteiger partial charge in [-0.2, -0.15) is 0 Å². The summed E-state index contributed by atoms with van der Waals surface area (Å²) in [6, 6.07) is 23.8. The van der Waals surface area contributed by atoms with E-state index < -0.39 is 35.5 Å². The first-order valence-corrected chi connectivity index (χ1v) is 14.1. The van der Waals surface area contributed by atoms with E-state index in [1.807, 2.05) is 72.8 Å². The highest BCUT2D eigenvalue weighted by Crippen LogP contribution is 2.29. The van der Waals surface area contributed by atoms with Gasteiger partial charge in [-0.3, -0.25) is 14.4 Å². The highest BCUT2D eigenvalue weighted by atomic mass is 16.6. The van der Waals surface area contributed by atoms with Crippen molar-refractivity contribution in [2.24, 2.45) is 5.73 Å². The minimum Gasteiger partial charge on any atom is -0.497 e. The van der Waals surface area contributed by atoms with Crippen molar-refractivity contribution in [3.8, 4) is 5.75 Å². The monoisotopic (exact) mass is 573 g/mol. The fourth-order valence-corrected chi connectivity index (χ4v) is 4.55. The van der Waals surface area contributed by atoms with Crippen molar-refractivity contribution in [3.05, 3.63) is 102 Å². The lowest BCUT2D eigenvalue weighted by atomic mass is 9.94. The summed E-state index contributed by atoms with van der Waals surface area (Å²) in [5.41, 5.74) is 8.03. The van der Waals surface area contributed by atoms with Crippen molar-refractivity contribution in [3.63, 3.8) is 0 Å². The smallest absolute Gasteiger partial charge is 0.243 e. The predicted octanol–water partition coefficient (Wildman–Crippen LogP) is 2.74. The predicted molar refractivity (Wildman–Crippen MR) is 159 cm³/mol. The van der Waals surface area contributed by atoms with Gasteiger partial charge in [-0.25, -0.2) is 0 Å². The molecule has 0 unspecified atom stereocenters. The summed E-state index contributed by atoms with van der Waals surface area (Å²) in [4.78, 5) is 40.1. The van der Waals surface area contributed by atoms with E-state index in [0.717, 1.165) is 16.7 Å². The Morgan fingerprint density at radius 1 is 0.857 bits per heavy atom. The van der Waals surface area contributed by atoms with Crippen LogP contribution in [0.1, 0.15) is 30.0 Å². The number of amides is 2. The Kier molecular flexibility index (Phi) is 10.8. The minimum absolute atomic E-state index is 0.0223. The van der Waals surface area contributed by atoms with E-state index >= 15 is 0 Å². The van der Waals surface area contributed by atoms with Crippen LogP contribution in [0.25, 0.3) is 0 Å². The van der Waals surface area contributed by atoms with E-state index in [2.05, 4.69) is 10.6 Å². The molecule has 0 aromatic heterocycles. The number of carbonyl (C=O) groups is 3. The first kappa shape index (κ1) is 30.9. The molecule has 4 N–H and O–H groups in total. The number of ketones is 1. The van der Waals surface area contributed by atoms with Crippen LogP contribution in [0.5, 0.6) is 5.75 Å². The summed E-state index contributed by atoms with van der Waals surface area (Å²) in [6.45, 7) is 2.32. The number of aryl methyl sites for hydroxylation is 1. The fourth-order valence-electron chi connectivity index (χ4n) is 4.55. The zero-order chi connectivity index (χ0) is 30.0. The number of nitrogens with two attached hydrogens (primary N) is 1. The van der Waals surface area contributed by atoms with Gasteiger partial charge in [0.1, 0.15) is 23.4 Å². The molecule has 2 amide bonds. The average Bonchev–Trinajstić information content (AvgIpc) is 3.78. The molecule has 0 saturated carbocycles. The third-order valence-corrected chi connectivity index (χ3v) is 7.27. The molecule has 0 bridgehead atoms. The number of nitrogens with one attached hydrogen (secondary N) is 2. The SMILES string of the molecule is COc1ccc(C[C@H](NC(=O)[C@@H](N)COCc2ccccc2)C(=O)N[C@@H](CCc2ccccc2)C(=O)[C@@]2(C)CO2)cc1. The third-order valence-electron chi connectivity index (χ3n) is 7.27. The Hall–Kier alpha value is -4.05. The van der Waals surface area contributed by atoms with Crippen LogP contribution in [0.15, 0.2) is 84.9 Å². The van der Waals surface area contributed by atoms with E-state index in [-0.39, 0.29) is 18.8 Å². The lowest BCUT2D eigenvalue weighted by Crippen LogP contribution is -2.56. The number of Topliss-reactive ketones (excluding diaryl/α,β-unsaturated/α-hetero) is 1. The van der Waals surface area contributed by atoms with Crippen LogP contribution in [0.3, 0.4) is 0 Å². The van der Waals surface area contributed by atoms with E-state index in [1.54, 1.807) is 26.2 Å². The first-order valence-electron chi connectivity index (χ1n) is 14.1. The second-order valence-electron chi connectivity index (χ2n) is 10.7. The van der Waals surface area contributed by atoms with Crippen LogP contribution in [-0.2, 0) is 43.3 Å². The molecule has 0 radical (unpaired) electrons. The molecule has 3 aromatic rings. The number of benzene rings is 3. The lowest BCUT2D eigenvalue weighted by Gasteiger charge is -2.25. The number of ether oxygens (including phenoxy) is 3. The van der Waals surface area contributed by atoms with Gasteiger partial charge in [-0.05, 0) is 48.6 Å². The average molecular weight is 574 g/mol.